The molecule has 9 nitrogen and oxygen atoms in total. The average molecular weight is 1120 g/mol. The summed E-state index contributed by atoms with van der Waals surface area (Å²) in [5.74, 6) is -2.24. The average Bonchev–Trinajstić information content (AvgIpc) is 3.42. The molecule has 0 spiro atoms. The maximum atomic E-state index is 12.9. The van der Waals surface area contributed by atoms with Crippen LogP contribution in [0.3, 0.4) is 0 Å². The molecule has 0 aliphatic carbocycles. The second-order valence-electron chi connectivity index (χ2n) is 25.5. The molecule has 0 bridgehead atoms. The van der Waals surface area contributed by atoms with E-state index in [1.165, 1.54) is 308 Å². The first-order valence-corrected chi connectivity index (χ1v) is 35.2. The summed E-state index contributed by atoms with van der Waals surface area (Å²) in [4.78, 5) is 37.5. The molecule has 0 aromatic heterocycles. The molecular formula is C70H137NO8. The highest BCUT2D eigenvalue weighted by Gasteiger charge is 2.22. The molecule has 0 amide bonds. The highest BCUT2D eigenvalue weighted by atomic mass is 16.7. The van der Waals surface area contributed by atoms with Crippen molar-refractivity contribution < 1.29 is 42.9 Å². The molecule has 0 heterocycles. The lowest BCUT2D eigenvalue weighted by Crippen LogP contribution is -2.44. The molecule has 0 aromatic rings. The van der Waals surface area contributed by atoms with Gasteiger partial charge in [-0.05, 0) is 12.8 Å². The lowest BCUT2D eigenvalue weighted by molar-refractivity contribution is -0.870. The molecule has 2 unspecified atom stereocenters. The summed E-state index contributed by atoms with van der Waals surface area (Å²) in [6, 6.07) is 0. The summed E-state index contributed by atoms with van der Waals surface area (Å²) >= 11 is 0. The van der Waals surface area contributed by atoms with Crippen LogP contribution in [0.2, 0.25) is 0 Å². The standard InChI is InChI=1S/C70H137NO8/c1-6-8-10-12-14-16-18-20-22-24-26-28-30-32-33-34-35-37-39-41-43-45-47-49-51-53-55-57-59-61-68(73)79-66(65-78-70(69(74)75)76-63-62-71(3,4)5)64-77-67(72)60-58-56-54-52-50-48-46-44-42-40-38-36-31-29-27-25-23-21-19-17-15-13-11-9-7-2/h66,70H,6-65H2,1-5H3. The van der Waals surface area contributed by atoms with E-state index < -0.39 is 24.3 Å². The third-order valence-electron chi connectivity index (χ3n) is 16.4. The summed E-state index contributed by atoms with van der Waals surface area (Å²) in [5.41, 5.74) is 0. The molecule has 2 atom stereocenters. The van der Waals surface area contributed by atoms with E-state index >= 15 is 0 Å². The van der Waals surface area contributed by atoms with Crippen molar-refractivity contribution in [2.75, 3.05) is 47.5 Å². The predicted octanol–water partition coefficient (Wildman–Crippen LogP) is 20.1. The molecule has 9 heteroatoms. The fourth-order valence-electron chi connectivity index (χ4n) is 11.0. The Balaban J connectivity index is 4.04. The van der Waals surface area contributed by atoms with Gasteiger partial charge in [0.15, 0.2) is 12.4 Å². The molecule has 0 fully saturated rings. The highest BCUT2D eigenvalue weighted by molar-refractivity contribution is 5.70. The van der Waals surface area contributed by atoms with Crippen LogP contribution in [0.15, 0.2) is 0 Å². The maximum Gasteiger partial charge on any atom is 0.306 e. The summed E-state index contributed by atoms with van der Waals surface area (Å²) in [6.07, 6.45) is 70.5. The number of hydrogen-bond donors (Lipinski definition) is 0. The van der Waals surface area contributed by atoms with E-state index in [0.29, 0.717) is 17.4 Å². The van der Waals surface area contributed by atoms with Crippen molar-refractivity contribution in [2.45, 2.75) is 386 Å². The minimum absolute atomic E-state index is 0.154. The van der Waals surface area contributed by atoms with Crippen LogP contribution in [0.4, 0.5) is 0 Å². The molecule has 0 N–H and O–H groups in total. The molecule has 0 aromatic carbocycles. The van der Waals surface area contributed by atoms with Crippen molar-refractivity contribution in [3.63, 3.8) is 0 Å². The molecule has 0 aliphatic rings. The van der Waals surface area contributed by atoms with Crippen LogP contribution in [0.25, 0.3) is 0 Å². The molecule has 0 rings (SSSR count). The maximum absolute atomic E-state index is 12.9. The lowest BCUT2D eigenvalue weighted by atomic mass is 10.0. The van der Waals surface area contributed by atoms with Crippen LogP contribution in [-0.2, 0) is 33.3 Å². The van der Waals surface area contributed by atoms with Crippen molar-refractivity contribution in [3.8, 4) is 0 Å². The third kappa shape index (κ3) is 63.7. The van der Waals surface area contributed by atoms with Gasteiger partial charge in [-0.2, -0.15) is 0 Å². The normalized spacial score (nSPS) is 12.6. The molecule has 470 valence electrons. The SMILES string of the molecule is CCCCCCCCCCCCCCCCCCCCCCCCCCCCCCCC(=O)OC(COC(=O)CCCCCCCCCCCCCCCCCCCCCCCCCCC)COC(OCC[N+](C)(C)C)C(=O)[O-]. The topological polar surface area (TPSA) is 111 Å². The van der Waals surface area contributed by atoms with Gasteiger partial charge in [0.25, 0.3) is 0 Å². The fourth-order valence-corrected chi connectivity index (χ4v) is 11.0. The molecule has 0 saturated heterocycles. The van der Waals surface area contributed by atoms with Crippen LogP contribution in [0.1, 0.15) is 373 Å². The van der Waals surface area contributed by atoms with Crippen molar-refractivity contribution >= 4 is 17.9 Å². The van der Waals surface area contributed by atoms with E-state index in [0.717, 1.165) is 38.5 Å². The first-order chi connectivity index (χ1) is 38.6. The van der Waals surface area contributed by atoms with Gasteiger partial charge in [0.2, 0.25) is 0 Å². The third-order valence-corrected chi connectivity index (χ3v) is 16.4. The quantitative estimate of drug-likeness (QED) is 0.0256. The number of carboxylic acids is 1. The Hall–Kier alpha value is -1.71. The lowest BCUT2D eigenvalue weighted by Gasteiger charge is -2.26. The zero-order valence-electron chi connectivity index (χ0n) is 53.8. The van der Waals surface area contributed by atoms with E-state index in [2.05, 4.69) is 13.8 Å². The van der Waals surface area contributed by atoms with Gasteiger partial charge in [-0.3, -0.25) is 9.59 Å². The van der Waals surface area contributed by atoms with Gasteiger partial charge in [0.05, 0.1) is 40.3 Å². The Kier molecular flexibility index (Phi) is 61.0. The molecule has 0 saturated carbocycles. The van der Waals surface area contributed by atoms with Gasteiger partial charge in [0, 0.05) is 12.8 Å². The van der Waals surface area contributed by atoms with Crippen LogP contribution in [0, 0.1) is 0 Å². The Morgan fingerprint density at radius 1 is 0.329 bits per heavy atom. The van der Waals surface area contributed by atoms with E-state index in [1.807, 2.05) is 21.1 Å². The van der Waals surface area contributed by atoms with E-state index in [1.54, 1.807) is 0 Å². The number of carbonyl (C=O) groups excluding carboxylic acids is 3. The number of esters is 2. The van der Waals surface area contributed by atoms with Gasteiger partial charge < -0.3 is 33.3 Å². The number of nitrogens with zero attached hydrogens (tertiary/aromatic N) is 1. The molecular weight excluding hydrogens is 983 g/mol. The number of hydrogen-bond acceptors (Lipinski definition) is 8. The number of unbranched alkanes of at least 4 members (excludes halogenated alkanes) is 52. The van der Waals surface area contributed by atoms with Crippen LogP contribution in [0.5, 0.6) is 0 Å². The molecule has 79 heavy (non-hydrogen) atoms. The second kappa shape index (κ2) is 62.3. The molecule has 0 radical (unpaired) electrons. The van der Waals surface area contributed by atoms with Crippen LogP contribution < -0.4 is 5.11 Å². The van der Waals surface area contributed by atoms with Crippen molar-refractivity contribution in [1.82, 2.24) is 0 Å². The summed E-state index contributed by atoms with van der Waals surface area (Å²) in [7, 11) is 5.95. The first kappa shape index (κ1) is 77.3. The number of carbonyl (C=O) groups is 3. The van der Waals surface area contributed by atoms with Gasteiger partial charge in [-0.1, -0.05) is 348 Å². The number of quaternary nitrogens is 1. The van der Waals surface area contributed by atoms with Gasteiger partial charge in [-0.25, -0.2) is 0 Å². The van der Waals surface area contributed by atoms with Crippen molar-refractivity contribution in [2.24, 2.45) is 0 Å². The van der Waals surface area contributed by atoms with E-state index in [9.17, 15) is 19.5 Å². The van der Waals surface area contributed by atoms with E-state index in [-0.39, 0.29) is 32.2 Å². The van der Waals surface area contributed by atoms with Crippen molar-refractivity contribution in [1.29, 1.82) is 0 Å². The highest BCUT2D eigenvalue weighted by Crippen LogP contribution is 2.20. The van der Waals surface area contributed by atoms with E-state index in [4.69, 9.17) is 18.9 Å². The number of rotatable bonds is 67. The minimum atomic E-state index is -1.62. The number of ether oxygens (including phenoxy) is 4. The smallest absolute Gasteiger partial charge is 0.306 e. The fraction of sp³-hybridized carbons (Fsp3) is 0.957. The minimum Gasteiger partial charge on any atom is -0.545 e. The number of likely N-dealkylation sites (N-methyl/N-ethyl adjacent to an activating group) is 1. The Morgan fingerprint density at radius 3 is 0.810 bits per heavy atom. The second-order valence-corrected chi connectivity index (χ2v) is 25.5. The monoisotopic (exact) mass is 1120 g/mol. The Bertz CT molecular complexity index is 1260. The van der Waals surface area contributed by atoms with Gasteiger partial charge in [0.1, 0.15) is 13.2 Å². The number of aliphatic carboxylic acids is 1. The number of carboxylic acid groups (broad SMARTS) is 1. The van der Waals surface area contributed by atoms with Crippen molar-refractivity contribution in [3.05, 3.63) is 0 Å². The predicted molar refractivity (Wildman–Crippen MR) is 334 cm³/mol. The van der Waals surface area contributed by atoms with Crippen LogP contribution >= 0.6 is 0 Å². The summed E-state index contributed by atoms with van der Waals surface area (Å²) in [5, 5.41) is 11.8. The zero-order chi connectivity index (χ0) is 57.6. The van der Waals surface area contributed by atoms with Crippen LogP contribution in [-0.4, -0.2) is 82.3 Å². The van der Waals surface area contributed by atoms with Gasteiger partial charge >= 0.3 is 11.9 Å². The molecule has 0 aliphatic heterocycles. The zero-order valence-corrected chi connectivity index (χ0v) is 53.8. The first-order valence-electron chi connectivity index (χ1n) is 35.2. The Morgan fingerprint density at radius 2 is 0.570 bits per heavy atom. The van der Waals surface area contributed by atoms with Gasteiger partial charge in [-0.15, -0.1) is 0 Å². The summed E-state index contributed by atoms with van der Waals surface area (Å²) < 4.78 is 22.8. The largest absolute Gasteiger partial charge is 0.545 e. The summed E-state index contributed by atoms with van der Waals surface area (Å²) in [6.45, 7) is 4.84. The Labute approximate surface area is 492 Å².